The highest BCUT2D eigenvalue weighted by atomic mass is 16.5. The predicted molar refractivity (Wildman–Crippen MR) is 79.9 cm³/mol. The van der Waals surface area contributed by atoms with Gasteiger partial charge in [-0.25, -0.2) is 0 Å². The Morgan fingerprint density at radius 2 is 1.95 bits per heavy atom. The number of carbonyl (C=O) groups excluding carboxylic acids is 1. The van der Waals surface area contributed by atoms with E-state index in [2.05, 4.69) is 32.9 Å². The summed E-state index contributed by atoms with van der Waals surface area (Å²) >= 11 is 0. The van der Waals surface area contributed by atoms with Crippen LogP contribution in [0.4, 0.5) is 0 Å². The van der Waals surface area contributed by atoms with Crippen LogP contribution in [0.1, 0.15) is 60.3 Å². The molecule has 0 saturated carbocycles. The summed E-state index contributed by atoms with van der Waals surface area (Å²) in [6.45, 7) is 10.9. The van der Waals surface area contributed by atoms with E-state index in [9.17, 15) is 4.79 Å². The number of allylic oxidation sites excluding steroid dienone is 3. The number of unbranched alkanes of at least 4 members (excludes halogenated alkanes) is 2. The zero-order valence-corrected chi connectivity index (χ0v) is 13.1. The van der Waals surface area contributed by atoms with Crippen LogP contribution in [0.2, 0.25) is 0 Å². The van der Waals surface area contributed by atoms with Crippen molar-refractivity contribution in [3.05, 3.63) is 23.3 Å². The largest absolute Gasteiger partial charge is 0.466 e. The van der Waals surface area contributed by atoms with Crippen LogP contribution >= 0.6 is 0 Å². The standard InChI is InChI=1S/C17H28O2/c1-6-8-9-10-14-12-11-13(3)15(17(14,4)5)16(18)19-7-2/h11-12,15H,6-10H2,1-5H3. The second-order valence-corrected chi connectivity index (χ2v) is 5.97. The number of rotatable bonds is 6. The molecule has 19 heavy (non-hydrogen) atoms. The van der Waals surface area contributed by atoms with Crippen LogP contribution in [-0.2, 0) is 9.53 Å². The second kappa shape index (κ2) is 6.93. The van der Waals surface area contributed by atoms with Gasteiger partial charge in [-0.2, -0.15) is 0 Å². The van der Waals surface area contributed by atoms with Gasteiger partial charge in [0.15, 0.2) is 0 Å². The van der Waals surface area contributed by atoms with Gasteiger partial charge in [0.25, 0.3) is 0 Å². The normalized spacial score (nSPS) is 21.6. The maximum Gasteiger partial charge on any atom is 0.313 e. The average molecular weight is 264 g/mol. The molecule has 108 valence electrons. The van der Waals surface area contributed by atoms with Crippen LogP contribution < -0.4 is 0 Å². The van der Waals surface area contributed by atoms with Gasteiger partial charge in [0, 0.05) is 5.41 Å². The van der Waals surface area contributed by atoms with E-state index in [1.165, 1.54) is 24.8 Å². The Bertz CT molecular complexity index is 375. The van der Waals surface area contributed by atoms with Crippen molar-refractivity contribution in [3.8, 4) is 0 Å². The summed E-state index contributed by atoms with van der Waals surface area (Å²) < 4.78 is 5.25. The minimum atomic E-state index is -0.130. The molecule has 0 aromatic rings. The minimum absolute atomic E-state index is 0.0812. The summed E-state index contributed by atoms with van der Waals surface area (Å²) in [5.74, 6) is -0.212. The van der Waals surface area contributed by atoms with Gasteiger partial charge in [-0.15, -0.1) is 0 Å². The summed E-state index contributed by atoms with van der Waals surface area (Å²) in [4.78, 5) is 12.2. The van der Waals surface area contributed by atoms with Crippen molar-refractivity contribution in [1.82, 2.24) is 0 Å². The average Bonchev–Trinajstić information content (AvgIpc) is 2.32. The van der Waals surface area contributed by atoms with E-state index >= 15 is 0 Å². The Morgan fingerprint density at radius 3 is 2.53 bits per heavy atom. The second-order valence-electron chi connectivity index (χ2n) is 5.97. The highest BCUT2D eigenvalue weighted by Gasteiger charge is 2.41. The first-order valence-corrected chi connectivity index (χ1v) is 7.49. The molecule has 0 heterocycles. The monoisotopic (exact) mass is 264 g/mol. The van der Waals surface area contributed by atoms with E-state index < -0.39 is 0 Å². The molecule has 0 aliphatic heterocycles. The fourth-order valence-corrected chi connectivity index (χ4v) is 2.97. The van der Waals surface area contributed by atoms with Gasteiger partial charge in [0.2, 0.25) is 0 Å². The molecule has 0 bridgehead atoms. The molecule has 0 aromatic carbocycles. The lowest BCUT2D eigenvalue weighted by Crippen LogP contribution is -2.36. The van der Waals surface area contributed by atoms with Gasteiger partial charge in [0.05, 0.1) is 12.5 Å². The zero-order valence-electron chi connectivity index (χ0n) is 13.1. The van der Waals surface area contributed by atoms with Crippen LogP contribution in [0, 0.1) is 11.3 Å². The predicted octanol–water partition coefficient (Wildman–Crippen LogP) is 4.66. The highest BCUT2D eigenvalue weighted by Crippen LogP contribution is 2.44. The van der Waals surface area contributed by atoms with Crippen molar-refractivity contribution in [2.24, 2.45) is 11.3 Å². The first-order chi connectivity index (χ1) is 8.95. The third kappa shape index (κ3) is 3.71. The maximum atomic E-state index is 12.2. The summed E-state index contributed by atoms with van der Waals surface area (Å²) in [7, 11) is 0. The number of ether oxygens (including phenoxy) is 1. The van der Waals surface area contributed by atoms with Crippen LogP contribution in [0.3, 0.4) is 0 Å². The molecule has 1 aliphatic rings. The van der Waals surface area contributed by atoms with Crippen molar-refractivity contribution in [1.29, 1.82) is 0 Å². The highest BCUT2D eigenvalue weighted by molar-refractivity contribution is 5.78. The van der Waals surface area contributed by atoms with Gasteiger partial charge in [-0.05, 0) is 26.7 Å². The number of hydrogen-bond acceptors (Lipinski definition) is 2. The molecule has 1 atom stereocenters. The Balaban J connectivity index is 2.88. The first-order valence-electron chi connectivity index (χ1n) is 7.49. The van der Waals surface area contributed by atoms with Crippen molar-refractivity contribution in [2.45, 2.75) is 60.3 Å². The molecule has 1 aliphatic carbocycles. The van der Waals surface area contributed by atoms with Crippen LogP contribution in [0.25, 0.3) is 0 Å². The Hall–Kier alpha value is -1.05. The van der Waals surface area contributed by atoms with Gasteiger partial charge in [-0.3, -0.25) is 4.79 Å². The Labute approximate surface area is 117 Å². The third-order valence-corrected chi connectivity index (χ3v) is 4.12. The lowest BCUT2D eigenvalue weighted by molar-refractivity contribution is -0.149. The number of esters is 1. The third-order valence-electron chi connectivity index (χ3n) is 4.12. The lowest BCUT2D eigenvalue weighted by atomic mass is 9.66. The molecule has 2 heteroatoms. The van der Waals surface area contributed by atoms with Crippen molar-refractivity contribution in [3.63, 3.8) is 0 Å². The van der Waals surface area contributed by atoms with Crippen LogP contribution in [0.15, 0.2) is 23.3 Å². The van der Waals surface area contributed by atoms with Gasteiger partial charge >= 0.3 is 5.97 Å². The summed E-state index contributed by atoms with van der Waals surface area (Å²) in [6, 6.07) is 0. The topological polar surface area (TPSA) is 26.3 Å². The van der Waals surface area contributed by atoms with E-state index in [0.29, 0.717) is 6.61 Å². The molecule has 1 rings (SSSR count). The maximum absolute atomic E-state index is 12.2. The smallest absolute Gasteiger partial charge is 0.313 e. The molecule has 1 unspecified atom stereocenters. The van der Waals surface area contributed by atoms with Crippen molar-refractivity contribution >= 4 is 5.97 Å². The molecule has 0 N–H and O–H groups in total. The fraction of sp³-hybridized carbons (Fsp3) is 0.706. The lowest BCUT2D eigenvalue weighted by Gasteiger charge is -2.38. The van der Waals surface area contributed by atoms with E-state index in [4.69, 9.17) is 4.74 Å². The van der Waals surface area contributed by atoms with Gasteiger partial charge in [0.1, 0.15) is 0 Å². The Kier molecular flexibility index (Phi) is 5.84. The minimum Gasteiger partial charge on any atom is -0.466 e. The fourth-order valence-electron chi connectivity index (χ4n) is 2.97. The van der Waals surface area contributed by atoms with Crippen LogP contribution in [-0.4, -0.2) is 12.6 Å². The Morgan fingerprint density at radius 1 is 1.26 bits per heavy atom. The van der Waals surface area contributed by atoms with Crippen LogP contribution in [0.5, 0.6) is 0 Å². The molecular formula is C17H28O2. The summed E-state index contributed by atoms with van der Waals surface area (Å²) in [5, 5.41) is 0. The van der Waals surface area contributed by atoms with E-state index in [-0.39, 0.29) is 17.3 Å². The molecule has 0 radical (unpaired) electrons. The molecule has 0 fully saturated rings. The van der Waals surface area contributed by atoms with E-state index in [1.54, 1.807) is 0 Å². The zero-order chi connectivity index (χ0) is 14.5. The SMILES string of the molecule is CCCCCC1=CC=C(C)C(C(=O)OCC)C1(C)C. The van der Waals surface area contributed by atoms with Gasteiger partial charge in [-0.1, -0.05) is 56.9 Å². The van der Waals surface area contributed by atoms with Crippen molar-refractivity contribution < 1.29 is 9.53 Å². The van der Waals surface area contributed by atoms with E-state index in [1.807, 2.05) is 13.8 Å². The van der Waals surface area contributed by atoms with E-state index in [0.717, 1.165) is 12.0 Å². The summed E-state index contributed by atoms with van der Waals surface area (Å²) in [6.07, 6.45) is 9.06. The molecule has 0 saturated heterocycles. The molecular weight excluding hydrogens is 236 g/mol. The molecule has 0 amide bonds. The van der Waals surface area contributed by atoms with Gasteiger partial charge < -0.3 is 4.74 Å². The quantitative estimate of drug-likeness (QED) is 0.515. The molecule has 0 spiro atoms. The molecule has 2 nitrogen and oxygen atoms in total. The molecule has 0 aromatic heterocycles. The number of carbonyl (C=O) groups is 1. The summed E-state index contributed by atoms with van der Waals surface area (Å²) in [5.41, 5.74) is 2.37. The van der Waals surface area contributed by atoms with Crippen molar-refractivity contribution in [2.75, 3.05) is 6.61 Å². The first kappa shape index (κ1) is 16.0. The number of hydrogen-bond donors (Lipinski definition) is 0.